The Bertz CT molecular complexity index is 515. The molecule has 0 saturated carbocycles. The van der Waals surface area contributed by atoms with E-state index in [0.717, 1.165) is 12.7 Å². The van der Waals surface area contributed by atoms with Crippen molar-refractivity contribution in [3.8, 4) is 0 Å². The fourth-order valence-corrected chi connectivity index (χ4v) is 3.40. The van der Waals surface area contributed by atoms with Crippen LogP contribution in [0.5, 0.6) is 0 Å². The number of aromatic nitrogens is 2. The minimum atomic E-state index is 0.303. The summed E-state index contributed by atoms with van der Waals surface area (Å²) in [5.74, 6) is 0. The van der Waals surface area contributed by atoms with Gasteiger partial charge in [0.2, 0.25) is 0 Å². The molecular formula is C12H12N2OS. The molecule has 0 spiro atoms. The van der Waals surface area contributed by atoms with Gasteiger partial charge in [-0.3, -0.25) is 4.79 Å². The van der Waals surface area contributed by atoms with Gasteiger partial charge in [0.05, 0.1) is 18.6 Å². The largest absolute Gasteiger partial charge is 0.321 e. The first-order chi connectivity index (χ1) is 7.90. The summed E-state index contributed by atoms with van der Waals surface area (Å²) in [6.07, 6.45) is 7.74. The van der Waals surface area contributed by atoms with Gasteiger partial charge in [-0.05, 0) is 36.3 Å². The molecule has 1 aliphatic carbocycles. The molecule has 0 aliphatic heterocycles. The highest BCUT2D eigenvalue weighted by molar-refractivity contribution is 7.10. The Morgan fingerprint density at radius 3 is 3.38 bits per heavy atom. The highest BCUT2D eigenvalue weighted by Gasteiger charge is 2.23. The van der Waals surface area contributed by atoms with Crippen molar-refractivity contribution in [3.05, 3.63) is 40.1 Å². The number of imidazole rings is 1. The molecule has 0 bridgehead atoms. The lowest BCUT2D eigenvalue weighted by Crippen LogP contribution is -2.16. The van der Waals surface area contributed by atoms with Gasteiger partial charge in [-0.15, -0.1) is 11.3 Å². The monoisotopic (exact) mass is 232 g/mol. The first-order valence-corrected chi connectivity index (χ1v) is 6.31. The molecule has 82 valence electrons. The van der Waals surface area contributed by atoms with Crippen molar-refractivity contribution in [2.24, 2.45) is 0 Å². The number of fused-ring (bicyclic) bond motifs is 1. The Hall–Kier alpha value is -1.42. The van der Waals surface area contributed by atoms with Crippen molar-refractivity contribution < 1.29 is 4.79 Å². The molecule has 0 aromatic carbocycles. The molecule has 0 fully saturated rings. The summed E-state index contributed by atoms with van der Waals surface area (Å²) in [6, 6.07) is 2.48. The van der Waals surface area contributed by atoms with Crippen LogP contribution >= 0.6 is 11.3 Å². The summed E-state index contributed by atoms with van der Waals surface area (Å²) in [6.45, 7) is 0. The van der Waals surface area contributed by atoms with Crippen LogP contribution in [0.2, 0.25) is 0 Å². The molecule has 1 unspecified atom stereocenters. The van der Waals surface area contributed by atoms with Gasteiger partial charge in [0, 0.05) is 4.88 Å². The lowest BCUT2D eigenvalue weighted by Gasteiger charge is -2.24. The van der Waals surface area contributed by atoms with E-state index in [2.05, 4.69) is 16.4 Å². The quantitative estimate of drug-likeness (QED) is 0.746. The maximum absolute atomic E-state index is 10.9. The fraction of sp³-hybridized carbons (Fsp3) is 0.333. The fourth-order valence-electron chi connectivity index (χ4n) is 2.42. The third kappa shape index (κ3) is 1.41. The summed E-state index contributed by atoms with van der Waals surface area (Å²) in [5, 5.41) is 2.14. The molecule has 4 heteroatoms. The van der Waals surface area contributed by atoms with Gasteiger partial charge in [0.1, 0.15) is 5.69 Å². The third-order valence-electron chi connectivity index (χ3n) is 3.17. The van der Waals surface area contributed by atoms with Crippen LogP contribution in [-0.4, -0.2) is 15.8 Å². The maximum Gasteiger partial charge on any atom is 0.168 e. The van der Waals surface area contributed by atoms with Crippen molar-refractivity contribution in [2.75, 3.05) is 0 Å². The lowest BCUT2D eigenvalue weighted by molar-refractivity contribution is 0.111. The van der Waals surface area contributed by atoms with Gasteiger partial charge >= 0.3 is 0 Å². The number of hydrogen-bond donors (Lipinski definition) is 0. The van der Waals surface area contributed by atoms with E-state index < -0.39 is 0 Å². The van der Waals surface area contributed by atoms with Crippen molar-refractivity contribution >= 4 is 17.6 Å². The number of carbonyl (C=O) groups excluding carboxylic acids is 1. The van der Waals surface area contributed by atoms with Gasteiger partial charge in [0.15, 0.2) is 6.29 Å². The standard InChI is InChI=1S/C12H12N2OS/c15-7-9-6-13-8-14(9)11-2-1-3-12-10(11)4-5-16-12/h4-8,11H,1-3H2. The Morgan fingerprint density at radius 1 is 1.56 bits per heavy atom. The number of carbonyl (C=O) groups is 1. The smallest absolute Gasteiger partial charge is 0.168 e. The van der Waals surface area contributed by atoms with E-state index in [-0.39, 0.29) is 0 Å². The summed E-state index contributed by atoms with van der Waals surface area (Å²) in [4.78, 5) is 16.4. The second-order valence-electron chi connectivity index (χ2n) is 4.05. The molecule has 2 aromatic rings. The molecule has 1 aliphatic rings. The topological polar surface area (TPSA) is 34.9 Å². The van der Waals surface area contributed by atoms with Crippen LogP contribution in [0, 0.1) is 0 Å². The summed E-state index contributed by atoms with van der Waals surface area (Å²) in [5.41, 5.74) is 2.04. The number of rotatable bonds is 2. The third-order valence-corrected chi connectivity index (χ3v) is 4.17. The number of aldehydes is 1. The minimum absolute atomic E-state index is 0.303. The lowest BCUT2D eigenvalue weighted by atomic mass is 9.94. The molecule has 1 atom stereocenters. The second kappa shape index (κ2) is 3.87. The van der Waals surface area contributed by atoms with Crippen LogP contribution < -0.4 is 0 Å². The summed E-state index contributed by atoms with van der Waals surface area (Å²) < 4.78 is 2.00. The molecule has 0 radical (unpaired) electrons. The molecular weight excluding hydrogens is 220 g/mol. The average Bonchev–Trinajstić information content (AvgIpc) is 2.96. The molecule has 16 heavy (non-hydrogen) atoms. The molecule has 3 rings (SSSR count). The van der Waals surface area contributed by atoms with Gasteiger partial charge in [-0.2, -0.15) is 0 Å². The zero-order chi connectivity index (χ0) is 11.0. The normalized spacial score (nSPS) is 19.4. The highest BCUT2D eigenvalue weighted by atomic mass is 32.1. The van der Waals surface area contributed by atoms with E-state index in [4.69, 9.17) is 0 Å². The zero-order valence-corrected chi connectivity index (χ0v) is 9.61. The number of thiophene rings is 1. The Morgan fingerprint density at radius 2 is 2.50 bits per heavy atom. The van der Waals surface area contributed by atoms with Crippen molar-refractivity contribution in [1.82, 2.24) is 9.55 Å². The second-order valence-corrected chi connectivity index (χ2v) is 5.05. The van der Waals surface area contributed by atoms with Crippen molar-refractivity contribution in [3.63, 3.8) is 0 Å². The SMILES string of the molecule is O=Cc1cncn1C1CCCc2sccc21. The van der Waals surface area contributed by atoms with Crippen LogP contribution in [0.4, 0.5) is 0 Å². The van der Waals surface area contributed by atoms with Gasteiger partial charge < -0.3 is 4.57 Å². The number of hydrogen-bond acceptors (Lipinski definition) is 3. The van der Waals surface area contributed by atoms with Gasteiger partial charge in [0.25, 0.3) is 0 Å². The van der Waals surface area contributed by atoms with Crippen LogP contribution in [-0.2, 0) is 6.42 Å². The zero-order valence-electron chi connectivity index (χ0n) is 8.80. The predicted molar refractivity (Wildman–Crippen MR) is 63.0 cm³/mol. The average molecular weight is 232 g/mol. The Balaban J connectivity index is 2.07. The number of aryl methyl sites for hydroxylation is 1. The van der Waals surface area contributed by atoms with Crippen molar-refractivity contribution in [1.29, 1.82) is 0 Å². The molecule has 3 nitrogen and oxygen atoms in total. The van der Waals surface area contributed by atoms with Gasteiger partial charge in [-0.1, -0.05) is 0 Å². The van der Waals surface area contributed by atoms with E-state index in [1.807, 2.05) is 15.9 Å². The summed E-state index contributed by atoms with van der Waals surface area (Å²) in [7, 11) is 0. The number of nitrogens with zero attached hydrogens (tertiary/aromatic N) is 2. The molecule has 0 saturated heterocycles. The van der Waals surface area contributed by atoms with Gasteiger partial charge in [-0.25, -0.2) is 4.98 Å². The van der Waals surface area contributed by atoms with Crippen molar-refractivity contribution in [2.45, 2.75) is 25.3 Å². The van der Waals surface area contributed by atoms with E-state index in [0.29, 0.717) is 11.7 Å². The molecule has 2 heterocycles. The van der Waals surface area contributed by atoms with Crippen LogP contribution in [0.1, 0.15) is 39.8 Å². The first-order valence-electron chi connectivity index (χ1n) is 5.43. The van der Waals surface area contributed by atoms with Crippen LogP contribution in [0.3, 0.4) is 0 Å². The Kier molecular flexibility index (Phi) is 2.36. The van der Waals surface area contributed by atoms with Crippen LogP contribution in [0.25, 0.3) is 0 Å². The van der Waals surface area contributed by atoms with Crippen LogP contribution in [0.15, 0.2) is 24.0 Å². The minimum Gasteiger partial charge on any atom is -0.321 e. The maximum atomic E-state index is 10.9. The predicted octanol–water partition coefficient (Wildman–Crippen LogP) is 2.68. The first kappa shape index (κ1) is 9.78. The molecule has 2 aromatic heterocycles. The molecule has 0 amide bonds. The van der Waals surface area contributed by atoms with E-state index in [9.17, 15) is 4.79 Å². The Labute approximate surface area is 97.7 Å². The highest BCUT2D eigenvalue weighted by Crippen LogP contribution is 2.36. The van der Waals surface area contributed by atoms with E-state index in [1.54, 1.807) is 12.5 Å². The molecule has 0 N–H and O–H groups in total. The van der Waals surface area contributed by atoms with E-state index in [1.165, 1.54) is 23.3 Å². The summed E-state index contributed by atoms with van der Waals surface area (Å²) >= 11 is 1.82. The van der Waals surface area contributed by atoms with E-state index >= 15 is 0 Å².